The molecule has 1 heterocycles. The number of rotatable bonds is 5. The quantitative estimate of drug-likeness (QED) is 0.685. The second-order valence-electron chi connectivity index (χ2n) is 4.15. The van der Waals surface area contributed by atoms with Gasteiger partial charge in [-0.05, 0) is 25.4 Å². The van der Waals surface area contributed by atoms with Crippen LogP contribution in [0.4, 0.5) is 0 Å². The van der Waals surface area contributed by atoms with E-state index in [2.05, 4.69) is 24.1 Å². The molecule has 0 saturated carbocycles. The molecule has 0 spiro atoms. The molecule has 14 heavy (non-hydrogen) atoms. The Balaban J connectivity index is 2.37. The van der Waals surface area contributed by atoms with E-state index in [1.807, 2.05) is 0 Å². The molecule has 1 rings (SSSR count). The zero-order chi connectivity index (χ0) is 10.4. The SMILES string of the molecule is CCNC1CCN(CCO)CC1CC. The Hall–Kier alpha value is -0.120. The zero-order valence-electron chi connectivity index (χ0n) is 9.50. The number of hydrogen-bond donors (Lipinski definition) is 2. The van der Waals surface area contributed by atoms with Crippen molar-refractivity contribution in [2.75, 3.05) is 32.8 Å². The molecule has 2 N–H and O–H groups in total. The molecule has 0 aromatic rings. The minimum atomic E-state index is 0.294. The van der Waals surface area contributed by atoms with Gasteiger partial charge in [-0.1, -0.05) is 20.3 Å². The lowest BCUT2D eigenvalue weighted by Gasteiger charge is -2.38. The van der Waals surface area contributed by atoms with Crippen molar-refractivity contribution < 1.29 is 5.11 Å². The number of nitrogens with zero attached hydrogens (tertiary/aromatic N) is 1. The molecule has 3 heteroatoms. The van der Waals surface area contributed by atoms with Gasteiger partial charge in [-0.15, -0.1) is 0 Å². The molecule has 0 aromatic heterocycles. The van der Waals surface area contributed by atoms with Crippen LogP contribution in [0.1, 0.15) is 26.7 Å². The van der Waals surface area contributed by atoms with Crippen molar-refractivity contribution in [3.63, 3.8) is 0 Å². The molecule has 2 unspecified atom stereocenters. The Kier molecular flexibility index (Phi) is 5.45. The first kappa shape index (κ1) is 12.0. The van der Waals surface area contributed by atoms with Crippen LogP contribution in [0.3, 0.4) is 0 Å². The van der Waals surface area contributed by atoms with Crippen LogP contribution in [-0.2, 0) is 0 Å². The largest absolute Gasteiger partial charge is 0.395 e. The molecule has 0 bridgehead atoms. The van der Waals surface area contributed by atoms with Crippen molar-refractivity contribution in [3.05, 3.63) is 0 Å². The molecular weight excluding hydrogens is 176 g/mol. The number of β-amino-alcohol motifs (C(OH)–C–C–N with tert-alkyl or cyclic N) is 1. The fourth-order valence-corrected chi connectivity index (χ4v) is 2.40. The van der Waals surface area contributed by atoms with Gasteiger partial charge in [0, 0.05) is 19.1 Å². The third-order valence-electron chi connectivity index (χ3n) is 3.22. The van der Waals surface area contributed by atoms with Gasteiger partial charge >= 0.3 is 0 Å². The van der Waals surface area contributed by atoms with Gasteiger partial charge in [-0.25, -0.2) is 0 Å². The van der Waals surface area contributed by atoms with Crippen LogP contribution < -0.4 is 5.32 Å². The highest BCUT2D eigenvalue weighted by atomic mass is 16.3. The summed E-state index contributed by atoms with van der Waals surface area (Å²) in [5, 5.41) is 12.4. The lowest BCUT2D eigenvalue weighted by molar-refractivity contribution is 0.113. The molecule has 1 saturated heterocycles. The van der Waals surface area contributed by atoms with Gasteiger partial charge < -0.3 is 15.3 Å². The number of aliphatic hydroxyl groups is 1. The van der Waals surface area contributed by atoms with Crippen molar-refractivity contribution in [2.24, 2.45) is 5.92 Å². The van der Waals surface area contributed by atoms with Gasteiger partial charge in [0.05, 0.1) is 6.61 Å². The van der Waals surface area contributed by atoms with Gasteiger partial charge in [-0.3, -0.25) is 0 Å². The summed E-state index contributed by atoms with van der Waals surface area (Å²) < 4.78 is 0. The average Bonchev–Trinajstić information content (AvgIpc) is 2.21. The van der Waals surface area contributed by atoms with Gasteiger partial charge in [0.1, 0.15) is 0 Å². The first-order chi connectivity index (χ1) is 6.81. The van der Waals surface area contributed by atoms with Gasteiger partial charge in [0.25, 0.3) is 0 Å². The first-order valence-electron chi connectivity index (χ1n) is 5.88. The van der Waals surface area contributed by atoms with Crippen LogP contribution in [0.2, 0.25) is 0 Å². The first-order valence-corrected chi connectivity index (χ1v) is 5.88. The van der Waals surface area contributed by atoms with E-state index in [4.69, 9.17) is 5.11 Å². The van der Waals surface area contributed by atoms with Crippen molar-refractivity contribution in [1.82, 2.24) is 10.2 Å². The summed E-state index contributed by atoms with van der Waals surface area (Å²) in [4.78, 5) is 2.38. The summed E-state index contributed by atoms with van der Waals surface area (Å²) in [5.74, 6) is 0.759. The molecule has 84 valence electrons. The fourth-order valence-electron chi connectivity index (χ4n) is 2.40. The average molecular weight is 200 g/mol. The van der Waals surface area contributed by atoms with Crippen LogP contribution in [0, 0.1) is 5.92 Å². The molecule has 1 aliphatic rings. The Morgan fingerprint density at radius 2 is 2.21 bits per heavy atom. The lowest BCUT2D eigenvalue weighted by atomic mass is 9.90. The maximum atomic E-state index is 8.89. The molecule has 1 fully saturated rings. The lowest BCUT2D eigenvalue weighted by Crippen LogP contribution is -2.49. The molecule has 3 nitrogen and oxygen atoms in total. The predicted octanol–water partition coefficient (Wildman–Crippen LogP) is 0.689. The number of piperidine rings is 1. The van der Waals surface area contributed by atoms with Crippen molar-refractivity contribution in [1.29, 1.82) is 0 Å². The van der Waals surface area contributed by atoms with E-state index < -0.39 is 0 Å². The zero-order valence-corrected chi connectivity index (χ0v) is 9.50. The second kappa shape index (κ2) is 6.38. The molecular formula is C11H24N2O. The standard InChI is InChI=1S/C11H24N2O/c1-3-10-9-13(7-8-14)6-5-11(10)12-4-2/h10-12,14H,3-9H2,1-2H3. The third kappa shape index (κ3) is 3.23. The molecule has 0 amide bonds. The number of hydrogen-bond acceptors (Lipinski definition) is 3. The highest BCUT2D eigenvalue weighted by Crippen LogP contribution is 2.19. The maximum absolute atomic E-state index is 8.89. The fraction of sp³-hybridized carbons (Fsp3) is 1.00. The number of aliphatic hydroxyl groups excluding tert-OH is 1. The van der Waals surface area contributed by atoms with Crippen molar-refractivity contribution in [2.45, 2.75) is 32.7 Å². The number of likely N-dealkylation sites (tertiary alicyclic amines) is 1. The Labute approximate surface area is 87.5 Å². The van der Waals surface area contributed by atoms with Crippen molar-refractivity contribution in [3.8, 4) is 0 Å². The normalized spacial score (nSPS) is 29.4. The smallest absolute Gasteiger partial charge is 0.0558 e. The predicted molar refractivity (Wildman–Crippen MR) is 59.4 cm³/mol. The number of nitrogens with one attached hydrogen (secondary N) is 1. The van der Waals surface area contributed by atoms with E-state index in [1.54, 1.807) is 0 Å². The van der Waals surface area contributed by atoms with Crippen LogP contribution in [-0.4, -0.2) is 48.8 Å². The monoisotopic (exact) mass is 200 g/mol. The van der Waals surface area contributed by atoms with E-state index in [9.17, 15) is 0 Å². The van der Waals surface area contributed by atoms with Crippen molar-refractivity contribution >= 4 is 0 Å². The van der Waals surface area contributed by atoms with Crippen LogP contribution in [0.25, 0.3) is 0 Å². The van der Waals surface area contributed by atoms with E-state index in [0.717, 1.165) is 32.1 Å². The van der Waals surface area contributed by atoms with Gasteiger partial charge in [-0.2, -0.15) is 0 Å². The second-order valence-corrected chi connectivity index (χ2v) is 4.15. The summed E-state index contributed by atoms with van der Waals surface area (Å²) in [6, 6.07) is 0.694. The van der Waals surface area contributed by atoms with E-state index >= 15 is 0 Å². The molecule has 0 radical (unpaired) electrons. The van der Waals surface area contributed by atoms with Gasteiger partial charge in [0.2, 0.25) is 0 Å². The topological polar surface area (TPSA) is 35.5 Å². The summed E-state index contributed by atoms with van der Waals surface area (Å²) in [7, 11) is 0. The van der Waals surface area contributed by atoms with Gasteiger partial charge in [0.15, 0.2) is 0 Å². The molecule has 1 aliphatic heterocycles. The van der Waals surface area contributed by atoms with E-state index in [1.165, 1.54) is 12.8 Å². The summed E-state index contributed by atoms with van der Waals surface area (Å²) in [5.41, 5.74) is 0. The Morgan fingerprint density at radius 3 is 2.79 bits per heavy atom. The summed E-state index contributed by atoms with van der Waals surface area (Å²) >= 11 is 0. The van der Waals surface area contributed by atoms with Crippen LogP contribution >= 0.6 is 0 Å². The van der Waals surface area contributed by atoms with E-state index in [-0.39, 0.29) is 0 Å². The maximum Gasteiger partial charge on any atom is 0.0558 e. The minimum absolute atomic E-state index is 0.294. The molecule has 2 atom stereocenters. The summed E-state index contributed by atoms with van der Waals surface area (Å²) in [6.45, 7) is 8.92. The highest BCUT2D eigenvalue weighted by Gasteiger charge is 2.26. The van der Waals surface area contributed by atoms with Crippen LogP contribution in [0.15, 0.2) is 0 Å². The Morgan fingerprint density at radius 1 is 1.43 bits per heavy atom. The molecule has 0 aromatic carbocycles. The minimum Gasteiger partial charge on any atom is -0.395 e. The summed E-state index contributed by atoms with van der Waals surface area (Å²) in [6.07, 6.45) is 2.46. The highest BCUT2D eigenvalue weighted by molar-refractivity contribution is 4.84. The van der Waals surface area contributed by atoms with Crippen LogP contribution in [0.5, 0.6) is 0 Å². The third-order valence-corrected chi connectivity index (χ3v) is 3.22. The Bertz CT molecular complexity index is 152. The van der Waals surface area contributed by atoms with E-state index in [0.29, 0.717) is 12.6 Å². The molecule has 0 aliphatic carbocycles.